The summed E-state index contributed by atoms with van der Waals surface area (Å²) in [6, 6.07) is 15.9. The molecule has 0 amide bonds. The van der Waals surface area contributed by atoms with E-state index in [1.54, 1.807) is 4.57 Å². The quantitative estimate of drug-likeness (QED) is 0.602. The maximum Gasteiger partial charge on any atom is 0.277 e. The van der Waals surface area contributed by atoms with Crippen LogP contribution in [-0.2, 0) is 13.1 Å². The molecule has 5 heteroatoms. The van der Waals surface area contributed by atoms with Gasteiger partial charge in [0.15, 0.2) is 0 Å². The lowest BCUT2D eigenvalue weighted by molar-refractivity contribution is 0.671. The van der Waals surface area contributed by atoms with Crippen LogP contribution in [-0.4, -0.2) is 20.7 Å². The van der Waals surface area contributed by atoms with Gasteiger partial charge in [-0.1, -0.05) is 30.3 Å². The Morgan fingerprint density at radius 1 is 1.04 bits per heavy atom. The Hall–Kier alpha value is -2.92. The van der Waals surface area contributed by atoms with Crippen LogP contribution in [0.2, 0.25) is 0 Å². The molecular formula is C21H22N4O. The monoisotopic (exact) mass is 346 g/mol. The molecule has 26 heavy (non-hydrogen) atoms. The van der Waals surface area contributed by atoms with Crippen LogP contribution in [0.25, 0.3) is 33.2 Å². The Balaban J connectivity index is 2.01. The molecule has 0 saturated carbocycles. The molecule has 0 spiro atoms. The van der Waals surface area contributed by atoms with E-state index in [1.807, 2.05) is 49.5 Å². The number of para-hydroxylation sites is 3. The van der Waals surface area contributed by atoms with E-state index in [2.05, 4.69) is 16.7 Å². The number of fused-ring (bicyclic) bond motifs is 2. The molecule has 0 bridgehead atoms. The van der Waals surface area contributed by atoms with Crippen LogP contribution >= 0.6 is 0 Å². The van der Waals surface area contributed by atoms with Crippen molar-refractivity contribution in [1.82, 2.24) is 14.1 Å². The highest BCUT2D eigenvalue weighted by Gasteiger charge is 2.17. The van der Waals surface area contributed by atoms with Gasteiger partial charge < -0.3 is 14.9 Å². The molecule has 2 aromatic heterocycles. The Bertz CT molecular complexity index is 1140. The smallest absolute Gasteiger partial charge is 0.277 e. The molecule has 2 aromatic carbocycles. The molecule has 2 heterocycles. The Morgan fingerprint density at radius 3 is 2.54 bits per heavy atom. The number of benzene rings is 2. The van der Waals surface area contributed by atoms with E-state index < -0.39 is 0 Å². The predicted octanol–water partition coefficient (Wildman–Crippen LogP) is 3.39. The number of aromatic nitrogens is 3. The SMILES string of the molecule is CCn1c(=O)c(-c2cn(CCCN)c3ccccc23)nc2ccccc21. The largest absolute Gasteiger partial charge is 0.347 e. The topological polar surface area (TPSA) is 65.8 Å². The average Bonchev–Trinajstić information content (AvgIpc) is 3.04. The van der Waals surface area contributed by atoms with E-state index in [4.69, 9.17) is 10.7 Å². The summed E-state index contributed by atoms with van der Waals surface area (Å²) >= 11 is 0. The van der Waals surface area contributed by atoms with Crippen molar-refractivity contribution in [3.63, 3.8) is 0 Å². The standard InChI is InChI=1S/C21H22N4O/c1-2-25-19-11-6-4-9-17(19)23-20(21(25)26)16-14-24(13-7-12-22)18-10-5-3-8-15(16)18/h3-6,8-11,14H,2,7,12-13,22H2,1H3. The number of rotatable bonds is 5. The van der Waals surface area contributed by atoms with Gasteiger partial charge in [-0.05, 0) is 38.1 Å². The summed E-state index contributed by atoms with van der Waals surface area (Å²) in [6.45, 7) is 4.06. The van der Waals surface area contributed by atoms with Crippen molar-refractivity contribution < 1.29 is 0 Å². The van der Waals surface area contributed by atoms with Gasteiger partial charge in [0.05, 0.1) is 11.0 Å². The lowest BCUT2D eigenvalue weighted by atomic mass is 10.1. The minimum atomic E-state index is -0.0482. The first-order valence-corrected chi connectivity index (χ1v) is 9.02. The second kappa shape index (κ2) is 6.77. The fourth-order valence-electron chi connectivity index (χ4n) is 3.56. The van der Waals surface area contributed by atoms with Crippen molar-refractivity contribution in [1.29, 1.82) is 0 Å². The molecule has 0 aliphatic carbocycles. The molecule has 4 rings (SSSR count). The van der Waals surface area contributed by atoms with Gasteiger partial charge in [-0.2, -0.15) is 0 Å². The van der Waals surface area contributed by atoms with E-state index in [1.165, 1.54) is 0 Å². The van der Waals surface area contributed by atoms with Gasteiger partial charge in [0.1, 0.15) is 5.69 Å². The first kappa shape index (κ1) is 16.5. The van der Waals surface area contributed by atoms with E-state index in [9.17, 15) is 4.79 Å². The predicted molar refractivity (Wildman–Crippen MR) is 106 cm³/mol. The molecule has 5 nitrogen and oxygen atoms in total. The minimum Gasteiger partial charge on any atom is -0.347 e. The van der Waals surface area contributed by atoms with Crippen molar-refractivity contribution in [2.24, 2.45) is 5.73 Å². The summed E-state index contributed by atoms with van der Waals surface area (Å²) in [4.78, 5) is 17.9. The maximum atomic E-state index is 13.2. The Kier molecular flexibility index (Phi) is 4.31. The second-order valence-electron chi connectivity index (χ2n) is 6.39. The average molecular weight is 346 g/mol. The molecule has 0 saturated heterocycles. The molecule has 0 atom stereocenters. The Morgan fingerprint density at radius 2 is 1.77 bits per heavy atom. The number of hydrogen-bond acceptors (Lipinski definition) is 3. The van der Waals surface area contributed by atoms with Crippen molar-refractivity contribution in [2.45, 2.75) is 26.4 Å². The van der Waals surface area contributed by atoms with Gasteiger partial charge in [-0.3, -0.25) is 4.79 Å². The van der Waals surface area contributed by atoms with Crippen LogP contribution in [0.4, 0.5) is 0 Å². The van der Waals surface area contributed by atoms with E-state index >= 15 is 0 Å². The normalized spacial score (nSPS) is 11.5. The summed E-state index contributed by atoms with van der Waals surface area (Å²) < 4.78 is 3.97. The lowest BCUT2D eigenvalue weighted by Gasteiger charge is -2.09. The molecular weight excluding hydrogens is 324 g/mol. The summed E-state index contributed by atoms with van der Waals surface area (Å²) in [5.41, 5.74) is 9.84. The van der Waals surface area contributed by atoms with Crippen LogP contribution in [0.3, 0.4) is 0 Å². The number of nitrogens with two attached hydrogens (primary N) is 1. The van der Waals surface area contributed by atoms with Crippen molar-refractivity contribution >= 4 is 21.9 Å². The van der Waals surface area contributed by atoms with E-state index in [0.717, 1.165) is 40.5 Å². The van der Waals surface area contributed by atoms with Crippen molar-refractivity contribution in [3.8, 4) is 11.3 Å². The van der Waals surface area contributed by atoms with Gasteiger partial charge in [-0.15, -0.1) is 0 Å². The fourth-order valence-corrected chi connectivity index (χ4v) is 3.56. The number of hydrogen-bond donors (Lipinski definition) is 1. The van der Waals surface area contributed by atoms with Crippen LogP contribution in [0.1, 0.15) is 13.3 Å². The zero-order valence-electron chi connectivity index (χ0n) is 14.9. The highest BCUT2D eigenvalue weighted by atomic mass is 16.1. The first-order chi connectivity index (χ1) is 12.7. The first-order valence-electron chi connectivity index (χ1n) is 9.02. The summed E-state index contributed by atoms with van der Waals surface area (Å²) in [5.74, 6) is 0. The summed E-state index contributed by atoms with van der Waals surface area (Å²) in [6.07, 6.45) is 2.93. The minimum absolute atomic E-state index is 0.0482. The molecule has 0 aliphatic rings. The van der Waals surface area contributed by atoms with Crippen LogP contribution < -0.4 is 11.3 Å². The molecule has 0 radical (unpaired) electrons. The third-order valence-corrected chi connectivity index (χ3v) is 4.82. The molecule has 4 aromatic rings. The summed E-state index contributed by atoms with van der Waals surface area (Å²) in [5, 5.41) is 1.05. The van der Waals surface area contributed by atoms with Gasteiger partial charge in [0.2, 0.25) is 0 Å². The summed E-state index contributed by atoms with van der Waals surface area (Å²) in [7, 11) is 0. The fraction of sp³-hybridized carbons (Fsp3) is 0.238. The van der Waals surface area contributed by atoms with E-state index in [0.29, 0.717) is 18.8 Å². The molecule has 0 aliphatic heterocycles. The maximum absolute atomic E-state index is 13.2. The number of nitrogens with zero attached hydrogens (tertiary/aromatic N) is 3. The van der Waals surface area contributed by atoms with Gasteiger partial charge in [-0.25, -0.2) is 4.98 Å². The molecule has 0 fully saturated rings. The zero-order chi connectivity index (χ0) is 18.1. The van der Waals surface area contributed by atoms with Crippen molar-refractivity contribution in [2.75, 3.05) is 6.54 Å². The Labute approximate surface area is 151 Å². The van der Waals surface area contributed by atoms with E-state index in [-0.39, 0.29) is 5.56 Å². The van der Waals surface area contributed by atoms with Crippen molar-refractivity contribution in [3.05, 3.63) is 65.1 Å². The van der Waals surface area contributed by atoms with Gasteiger partial charge in [0.25, 0.3) is 5.56 Å². The molecule has 2 N–H and O–H groups in total. The van der Waals surface area contributed by atoms with Crippen LogP contribution in [0, 0.1) is 0 Å². The molecule has 0 unspecified atom stereocenters. The second-order valence-corrected chi connectivity index (χ2v) is 6.39. The third kappa shape index (κ3) is 2.61. The van der Waals surface area contributed by atoms with Gasteiger partial charge in [0, 0.05) is 35.8 Å². The van der Waals surface area contributed by atoms with Gasteiger partial charge >= 0.3 is 0 Å². The van der Waals surface area contributed by atoms with Crippen LogP contribution in [0.15, 0.2) is 59.5 Å². The molecule has 132 valence electrons. The highest BCUT2D eigenvalue weighted by molar-refractivity contribution is 5.95. The zero-order valence-corrected chi connectivity index (χ0v) is 14.9. The number of aryl methyl sites for hydroxylation is 2. The van der Waals surface area contributed by atoms with Crippen LogP contribution in [0.5, 0.6) is 0 Å². The lowest BCUT2D eigenvalue weighted by Crippen LogP contribution is -2.22. The highest BCUT2D eigenvalue weighted by Crippen LogP contribution is 2.29. The third-order valence-electron chi connectivity index (χ3n) is 4.82.